The van der Waals surface area contributed by atoms with Crippen molar-refractivity contribution < 1.29 is 9.53 Å². The quantitative estimate of drug-likeness (QED) is 0.694. The van der Waals surface area contributed by atoms with Gasteiger partial charge in [0.2, 0.25) is 5.95 Å². The standard InChI is InChI=1S/C25H41N5O2/c1-20(2)21-17-22(28-24(27-21)30-13-5-3-4-6-14-30)23(31)26-18-25(9-15-32-16-10-25)19-29-11-7-8-12-29/h17,20H,3-16,18-19H2,1-2H3,(H,26,31). The number of likely N-dealkylation sites (tertiary alicyclic amines) is 1. The van der Waals surface area contributed by atoms with Gasteiger partial charge in [0.15, 0.2) is 0 Å². The van der Waals surface area contributed by atoms with Gasteiger partial charge in [-0.15, -0.1) is 0 Å². The lowest BCUT2D eigenvalue weighted by Crippen LogP contribution is -2.48. The Bertz CT molecular complexity index is 749. The minimum atomic E-state index is -0.0716. The first kappa shape index (κ1) is 23.4. The molecule has 0 bridgehead atoms. The van der Waals surface area contributed by atoms with E-state index < -0.39 is 0 Å². The molecule has 1 amide bonds. The summed E-state index contributed by atoms with van der Waals surface area (Å²) in [5.41, 5.74) is 1.55. The molecule has 0 atom stereocenters. The maximum Gasteiger partial charge on any atom is 0.270 e. The molecule has 4 heterocycles. The van der Waals surface area contributed by atoms with Gasteiger partial charge in [-0.25, -0.2) is 9.97 Å². The van der Waals surface area contributed by atoms with E-state index >= 15 is 0 Å². The predicted octanol–water partition coefficient (Wildman–Crippen LogP) is 3.60. The van der Waals surface area contributed by atoms with Crippen LogP contribution in [-0.2, 0) is 4.74 Å². The lowest BCUT2D eigenvalue weighted by atomic mass is 9.79. The number of carbonyl (C=O) groups excluding carboxylic acids is 1. The molecule has 4 rings (SSSR count). The molecule has 7 nitrogen and oxygen atoms in total. The van der Waals surface area contributed by atoms with Crippen molar-refractivity contribution in [1.82, 2.24) is 20.2 Å². The van der Waals surface area contributed by atoms with Gasteiger partial charge in [0.1, 0.15) is 5.69 Å². The third kappa shape index (κ3) is 5.98. The first-order chi connectivity index (χ1) is 15.5. The van der Waals surface area contributed by atoms with Crippen molar-refractivity contribution in [2.45, 2.75) is 71.1 Å². The molecule has 1 aromatic rings. The lowest BCUT2D eigenvalue weighted by molar-refractivity contribution is -0.000653. The van der Waals surface area contributed by atoms with Crippen molar-refractivity contribution in [1.29, 1.82) is 0 Å². The molecule has 0 unspecified atom stereocenters. The van der Waals surface area contributed by atoms with Crippen LogP contribution in [0.3, 0.4) is 0 Å². The van der Waals surface area contributed by atoms with E-state index in [2.05, 4.69) is 29.0 Å². The van der Waals surface area contributed by atoms with Crippen molar-refractivity contribution in [3.05, 3.63) is 17.5 Å². The fourth-order valence-corrected chi connectivity index (χ4v) is 5.25. The van der Waals surface area contributed by atoms with E-state index in [0.29, 0.717) is 12.2 Å². The molecular weight excluding hydrogens is 402 g/mol. The van der Waals surface area contributed by atoms with Gasteiger partial charge < -0.3 is 19.9 Å². The number of nitrogens with one attached hydrogen (secondary N) is 1. The first-order valence-corrected chi connectivity index (χ1v) is 12.8. The summed E-state index contributed by atoms with van der Waals surface area (Å²) in [5, 5.41) is 3.26. The average Bonchev–Trinajstić information content (AvgIpc) is 3.16. The molecule has 0 aromatic carbocycles. The van der Waals surface area contributed by atoms with Crippen LogP contribution in [0.4, 0.5) is 5.95 Å². The Morgan fingerprint density at radius 1 is 1.03 bits per heavy atom. The summed E-state index contributed by atoms with van der Waals surface area (Å²) < 4.78 is 5.66. The Morgan fingerprint density at radius 2 is 1.69 bits per heavy atom. The molecule has 0 spiro atoms. The van der Waals surface area contributed by atoms with Gasteiger partial charge in [-0.2, -0.15) is 0 Å². The predicted molar refractivity (Wildman–Crippen MR) is 127 cm³/mol. The van der Waals surface area contributed by atoms with Crippen LogP contribution in [0.15, 0.2) is 6.07 Å². The molecule has 7 heteroatoms. The SMILES string of the molecule is CC(C)c1cc(C(=O)NCC2(CN3CCCC3)CCOCC2)nc(N2CCCCCC2)n1. The van der Waals surface area contributed by atoms with E-state index in [4.69, 9.17) is 14.7 Å². The van der Waals surface area contributed by atoms with Crippen LogP contribution in [0.2, 0.25) is 0 Å². The monoisotopic (exact) mass is 443 g/mol. The lowest BCUT2D eigenvalue weighted by Gasteiger charge is -2.40. The Labute approximate surface area is 193 Å². The summed E-state index contributed by atoms with van der Waals surface area (Å²) in [6.07, 6.45) is 9.44. The van der Waals surface area contributed by atoms with Gasteiger partial charge in [-0.1, -0.05) is 26.7 Å². The topological polar surface area (TPSA) is 70.6 Å². The van der Waals surface area contributed by atoms with E-state index in [-0.39, 0.29) is 17.2 Å². The second kappa shape index (κ2) is 10.9. The van der Waals surface area contributed by atoms with Crippen LogP contribution in [0, 0.1) is 5.41 Å². The second-order valence-corrected chi connectivity index (χ2v) is 10.3. The van der Waals surface area contributed by atoms with Gasteiger partial charge in [0, 0.05) is 50.5 Å². The van der Waals surface area contributed by atoms with Crippen molar-refractivity contribution in [2.24, 2.45) is 5.41 Å². The number of hydrogen-bond acceptors (Lipinski definition) is 6. The molecular formula is C25H41N5O2. The van der Waals surface area contributed by atoms with Crippen LogP contribution in [0.1, 0.15) is 87.3 Å². The summed E-state index contributed by atoms with van der Waals surface area (Å²) in [5.74, 6) is 0.908. The van der Waals surface area contributed by atoms with Crippen LogP contribution < -0.4 is 10.2 Å². The number of carbonyl (C=O) groups is 1. The summed E-state index contributed by atoms with van der Waals surface area (Å²) in [6.45, 7) is 11.9. The molecule has 3 fully saturated rings. The Morgan fingerprint density at radius 3 is 2.34 bits per heavy atom. The van der Waals surface area contributed by atoms with Crippen LogP contribution in [0.5, 0.6) is 0 Å². The van der Waals surface area contributed by atoms with E-state index in [0.717, 1.165) is 70.2 Å². The maximum absolute atomic E-state index is 13.3. The van der Waals surface area contributed by atoms with Crippen LogP contribution in [0.25, 0.3) is 0 Å². The van der Waals surface area contributed by atoms with Gasteiger partial charge >= 0.3 is 0 Å². The van der Waals surface area contributed by atoms with E-state index in [1.54, 1.807) is 0 Å². The van der Waals surface area contributed by atoms with Gasteiger partial charge in [0.25, 0.3) is 5.91 Å². The highest BCUT2D eigenvalue weighted by Gasteiger charge is 2.35. The highest BCUT2D eigenvalue weighted by atomic mass is 16.5. The minimum Gasteiger partial charge on any atom is -0.381 e. The van der Waals surface area contributed by atoms with E-state index in [9.17, 15) is 4.79 Å². The number of rotatable bonds is 7. The highest BCUT2D eigenvalue weighted by Crippen LogP contribution is 2.32. The number of nitrogens with zero attached hydrogens (tertiary/aromatic N) is 4. The fourth-order valence-electron chi connectivity index (χ4n) is 5.25. The third-order valence-electron chi connectivity index (χ3n) is 7.38. The number of hydrogen-bond donors (Lipinski definition) is 1. The van der Waals surface area contributed by atoms with Crippen molar-refractivity contribution in [3.63, 3.8) is 0 Å². The zero-order valence-corrected chi connectivity index (χ0v) is 20.1. The summed E-state index contributed by atoms with van der Waals surface area (Å²) in [6, 6.07) is 1.89. The number of amides is 1. The second-order valence-electron chi connectivity index (χ2n) is 10.3. The molecule has 3 saturated heterocycles. The average molecular weight is 444 g/mol. The molecule has 0 saturated carbocycles. The molecule has 1 N–H and O–H groups in total. The Balaban J connectivity index is 1.48. The number of ether oxygens (including phenoxy) is 1. The van der Waals surface area contributed by atoms with Gasteiger partial charge in [-0.05, 0) is 63.6 Å². The fraction of sp³-hybridized carbons (Fsp3) is 0.800. The van der Waals surface area contributed by atoms with Crippen molar-refractivity contribution >= 4 is 11.9 Å². The largest absolute Gasteiger partial charge is 0.381 e. The van der Waals surface area contributed by atoms with E-state index in [1.807, 2.05) is 6.07 Å². The zero-order valence-electron chi connectivity index (χ0n) is 20.1. The van der Waals surface area contributed by atoms with Crippen LogP contribution in [-0.4, -0.2) is 73.3 Å². The Kier molecular flexibility index (Phi) is 8.00. The third-order valence-corrected chi connectivity index (χ3v) is 7.38. The molecule has 3 aliphatic heterocycles. The van der Waals surface area contributed by atoms with Crippen LogP contribution >= 0.6 is 0 Å². The maximum atomic E-state index is 13.3. The van der Waals surface area contributed by atoms with Crippen molar-refractivity contribution in [3.8, 4) is 0 Å². The number of aromatic nitrogens is 2. The Hall–Kier alpha value is -1.73. The summed E-state index contributed by atoms with van der Waals surface area (Å²) in [4.78, 5) is 27.7. The van der Waals surface area contributed by atoms with Gasteiger partial charge in [-0.3, -0.25) is 4.79 Å². The molecule has 1 aromatic heterocycles. The zero-order chi connectivity index (χ0) is 22.4. The molecule has 0 aliphatic carbocycles. The first-order valence-electron chi connectivity index (χ1n) is 12.8. The molecule has 32 heavy (non-hydrogen) atoms. The van der Waals surface area contributed by atoms with E-state index in [1.165, 1.54) is 38.8 Å². The molecule has 3 aliphatic rings. The summed E-state index contributed by atoms with van der Waals surface area (Å²) >= 11 is 0. The minimum absolute atomic E-state index is 0.0716. The summed E-state index contributed by atoms with van der Waals surface area (Å²) in [7, 11) is 0. The normalized spacial score (nSPS) is 22.2. The smallest absolute Gasteiger partial charge is 0.270 e. The molecule has 178 valence electrons. The molecule has 0 radical (unpaired) electrons. The highest BCUT2D eigenvalue weighted by molar-refractivity contribution is 5.92. The number of anilines is 1. The van der Waals surface area contributed by atoms with Crippen molar-refractivity contribution in [2.75, 3.05) is 57.4 Å². The van der Waals surface area contributed by atoms with Gasteiger partial charge in [0.05, 0.1) is 0 Å².